The summed E-state index contributed by atoms with van der Waals surface area (Å²) in [5.41, 5.74) is 9.73. The van der Waals surface area contributed by atoms with Crippen LogP contribution >= 0.6 is 11.3 Å². The molecule has 0 radical (unpaired) electrons. The number of nitrogens with zero attached hydrogens (tertiary/aromatic N) is 1. The van der Waals surface area contributed by atoms with E-state index in [0.29, 0.717) is 5.88 Å². The second-order valence-electron chi connectivity index (χ2n) is 4.44. The maximum absolute atomic E-state index is 5.96. The summed E-state index contributed by atoms with van der Waals surface area (Å²) in [4.78, 5) is 0.973. The Bertz CT molecular complexity index is 746. The van der Waals surface area contributed by atoms with Gasteiger partial charge in [0.25, 0.3) is 0 Å². The molecular formula is C15H14N2O2S. The van der Waals surface area contributed by atoms with Crippen LogP contribution in [0.25, 0.3) is 21.7 Å². The summed E-state index contributed by atoms with van der Waals surface area (Å²) in [7, 11) is 1.64. The number of methoxy groups -OCH3 is 1. The zero-order chi connectivity index (χ0) is 14.1. The Kier molecular flexibility index (Phi) is 3.20. The van der Waals surface area contributed by atoms with Crippen molar-refractivity contribution in [3.05, 3.63) is 41.3 Å². The fraction of sp³-hybridized carbons (Fsp3) is 0.133. The fourth-order valence-corrected chi connectivity index (χ4v) is 2.98. The first-order valence-electron chi connectivity index (χ1n) is 6.14. The smallest absolute Gasteiger partial charge is 0.230 e. The summed E-state index contributed by atoms with van der Waals surface area (Å²) in [5, 5.41) is 6.04. The normalized spacial score (nSPS) is 10.7. The average molecular weight is 286 g/mol. The van der Waals surface area contributed by atoms with Crippen LogP contribution in [0.5, 0.6) is 5.75 Å². The largest absolute Gasteiger partial charge is 0.496 e. The number of aryl methyl sites for hydroxylation is 1. The van der Waals surface area contributed by atoms with E-state index in [9.17, 15) is 0 Å². The number of hydrogen-bond acceptors (Lipinski definition) is 5. The second-order valence-corrected chi connectivity index (χ2v) is 5.35. The van der Waals surface area contributed by atoms with Gasteiger partial charge in [-0.2, -0.15) is 0 Å². The van der Waals surface area contributed by atoms with Crippen molar-refractivity contribution in [3.63, 3.8) is 0 Å². The van der Waals surface area contributed by atoms with Crippen LogP contribution < -0.4 is 10.5 Å². The lowest BCUT2D eigenvalue weighted by molar-refractivity contribution is 0.416. The van der Waals surface area contributed by atoms with Gasteiger partial charge in [0.05, 0.1) is 17.6 Å². The Labute approximate surface area is 120 Å². The van der Waals surface area contributed by atoms with Gasteiger partial charge >= 0.3 is 0 Å². The summed E-state index contributed by atoms with van der Waals surface area (Å²) in [6.45, 7) is 2.04. The molecule has 4 nitrogen and oxygen atoms in total. The van der Waals surface area contributed by atoms with Gasteiger partial charge in [-0.1, -0.05) is 29.4 Å². The lowest BCUT2D eigenvalue weighted by Gasteiger charge is -2.04. The number of rotatable bonds is 3. The van der Waals surface area contributed by atoms with Crippen molar-refractivity contribution >= 4 is 17.2 Å². The molecule has 3 rings (SSSR count). The van der Waals surface area contributed by atoms with E-state index in [1.165, 1.54) is 0 Å². The molecule has 0 aliphatic carbocycles. The highest BCUT2D eigenvalue weighted by Gasteiger charge is 2.20. The van der Waals surface area contributed by atoms with Crippen LogP contribution in [0.2, 0.25) is 0 Å². The Morgan fingerprint density at radius 1 is 1.30 bits per heavy atom. The molecule has 0 saturated carbocycles. The van der Waals surface area contributed by atoms with Gasteiger partial charge in [-0.05, 0) is 18.1 Å². The highest BCUT2D eigenvalue weighted by molar-refractivity contribution is 7.13. The van der Waals surface area contributed by atoms with Crippen molar-refractivity contribution in [2.45, 2.75) is 6.92 Å². The van der Waals surface area contributed by atoms with Gasteiger partial charge in [0.2, 0.25) is 5.88 Å². The summed E-state index contributed by atoms with van der Waals surface area (Å²) >= 11 is 1.55. The standard InChI is InChI=1S/C15H14N2O2S/c1-9-5-3-4-6-11(9)13-14(17-19-15(13)16)12-7-10(18-2)8-20-12/h3-8H,16H2,1-2H3. The van der Waals surface area contributed by atoms with Crippen molar-refractivity contribution in [3.8, 4) is 27.4 Å². The first-order chi connectivity index (χ1) is 9.70. The van der Waals surface area contributed by atoms with E-state index in [-0.39, 0.29) is 0 Å². The molecule has 0 aliphatic heterocycles. The second kappa shape index (κ2) is 5.02. The van der Waals surface area contributed by atoms with E-state index in [0.717, 1.165) is 33.0 Å². The third-order valence-corrected chi connectivity index (χ3v) is 4.09. The van der Waals surface area contributed by atoms with Crippen molar-refractivity contribution in [1.29, 1.82) is 0 Å². The Hall–Kier alpha value is -2.27. The quantitative estimate of drug-likeness (QED) is 0.791. The molecule has 3 aromatic rings. The minimum Gasteiger partial charge on any atom is -0.496 e. The van der Waals surface area contributed by atoms with Gasteiger partial charge in [-0.15, -0.1) is 11.3 Å². The molecule has 1 aromatic carbocycles. The maximum Gasteiger partial charge on any atom is 0.230 e. The molecule has 2 N–H and O–H groups in total. The number of benzene rings is 1. The van der Waals surface area contributed by atoms with Crippen LogP contribution in [0.1, 0.15) is 5.56 Å². The topological polar surface area (TPSA) is 61.3 Å². The molecule has 20 heavy (non-hydrogen) atoms. The van der Waals surface area contributed by atoms with Crippen molar-refractivity contribution in [2.75, 3.05) is 12.8 Å². The number of thiophene rings is 1. The number of ether oxygens (including phenoxy) is 1. The predicted molar refractivity (Wildman–Crippen MR) is 81.0 cm³/mol. The lowest BCUT2D eigenvalue weighted by atomic mass is 10.00. The highest BCUT2D eigenvalue weighted by Crippen LogP contribution is 2.40. The Morgan fingerprint density at radius 2 is 2.10 bits per heavy atom. The van der Waals surface area contributed by atoms with Gasteiger partial charge in [-0.3, -0.25) is 0 Å². The van der Waals surface area contributed by atoms with Gasteiger partial charge in [0.15, 0.2) is 0 Å². The van der Waals surface area contributed by atoms with Gasteiger partial charge < -0.3 is 15.0 Å². The molecular weight excluding hydrogens is 272 g/mol. The zero-order valence-corrected chi connectivity index (χ0v) is 12.0. The van der Waals surface area contributed by atoms with Crippen molar-refractivity contribution in [1.82, 2.24) is 5.16 Å². The number of anilines is 1. The highest BCUT2D eigenvalue weighted by atomic mass is 32.1. The predicted octanol–water partition coefficient (Wildman–Crippen LogP) is 3.97. The Balaban J connectivity index is 2.17. The molecule has 0 atom stereocenters. The molecule has 5 heteroatoms. The fourth-order valence-electron chi connectivity index (χ4n) is 2.13. The molecule has 102 valence electrons. The van der Waals surface area contributed by atoms with Crippen molar-refractivity contribution < 1.29 is 9.26 Å². The van der Waals surface area contributed by atoms with Crippen molar-refractivity contribution in [2.24, 2.45) is 0 Å². The average Bonchev–Trinajstić information content (AvgIpc) is 3.06. The summed E-state index contributed by atoms with van der Waals surface area (Å²) in [6.07, 6.45) is 0. The van der Waals surface area contributed by atoms with E-state index in [1.54, 1.807) is 18.4 Å². The van der Waals surface area contributed by atoms with E-state index < -0.39 is 0 Å². The van der Waals surface area contributed by atoms with Gasteiger partial charge in [0, 0.05) is 11.4 Å². The minimum absolute atomic E-state index is 0.335. The minimum atomic E-state index is 0.335. The van der Waals surface area contributed by atoms with E-state index in [1.807, 2.05) is 42.6 Å². The molecule has 0 fully saturated rings. The summed E-state index contributed by atoms with van der Waals surface area (Å²) in [5.74, 6) is 1.14. The SMILES string of the molecule is COc1csc(-c2noc(N)c2-c2ccccc2C)c1. The van der Waals surface area contributed by atoms with E-state index in [2.05, 4.69) is 5.16 Å². The molecule has 2 aromatic heterocycles. The van der Waals surface area contributed by atoms with Gasteiger partial charge in [-0.25, -0.2) is 0 Å². The molecule has 0 amide bonds. The number of nitrogen functional groups attached to an aromatic ring is 1. The molecule has 2 heterocycles. The Morgan fingerprint density at radius 3 is 2.80 bits per heavy atom. The number of nitrogens with two attached hydrogens (primary N) is 1. The van der Waals surface area contributed by atoms with Crippen LogP contribution in [0.4, 0.5) is 5.88 Å². The first kappa shape index (κ1) is 12.7. The van der Waals surface area contributed by atoms with Crippen LogP contribution in [0.15, 0.2) is 40.2 Å². The summed E-state index contributed by atoms with van der Waals surface area (Å²) < 4.78 is 10.4. The summed E-state index contributed by atoms with van der Waals surface area (Å²) in [6, 6.07) is 9.97. The van der Waals surface area contributed by atoms with Crippen LogP contribution in [-0.2, 0) is 0 Å². The molecule has 0 spiro atoms. The molecule has 0 aliphatic rings. The van der Waals surface area contributed by atoms with Crippen LogP contribution in [0, 0.1) is 6.92 Å². The van der Waals surface area contributed by atoms with Crippen LogP contribution in [-0.4, -0.2) is 12.3 Å². The molecule has 0 bridgehead atoms. The van der Waals surface area contributed by atoms with E-state index >= 15 is 0 Å². The zero-order valence-electron chi connectivity index (χ0n) is 11.2. The van der Waals surface area contributed by atoms with E-state index in [4.69, 9.17) is 15.0 Å². The maximum atomic E-state index is 5.96. The number of hydrogen-bond donors (Lipinski definition) is 1. The lowest BCUT2D eigenvalue weighted by Crippen LogP contribution is -1.89. The molecule has 0 unspecified atom stereocenters. The third-order valence-electron chi connectivity index (χ3n) is 3.18. The monoisotopic (exact) mass is 286 g/mol. The molecule has 0 saturated heterocycles. The van der Waals surface area contributed by atoms with Gasteiger partial charge in [0.1, 0.15) is 11.4 Å². The van der Waals surface area contributed by atoms with Crippen LogP contribution in [0.3, 0.4) is 0 Å². The first-order valence-corrected chi connectivity index (χ1v) is 7.02. The number of aromatic nitrogens is 1. The third kappa shape index (κ3) is 2.06.